The summed E-state index contributed by atoms with van der Waals surface area (Å²) in [4.78, 5) is 11.3. The number of Topliss-reactive ketones (excluding diaryl/α,β-unsaturated/α-hetero) is 1. The van der Waals surface area contributed by atoms with E-state index < -0.39 is 16.6 Å². The maximum atomic E-state index is 11.3. The van der Waals surface area contributed by atoms with E-state index in [1.165, 1.54) is 0 Å². The molecule has 0 saturated heterocycles. The van der Waals surface area contributed by atoms with Gasteiger partial charge >= 0.3 is 0 Å². The van der Waals surface area contributed by atoms with Crippen LogP contribution in [0.5, 0.6) is 11.5 Å². The van der Waals surface area contributed by atoms with Gasteiger partial charge in [0.05, 0.1) is 5.71 Å². The molecular formula is C34H57NO4Si2. The number of benzene rings is 2. The fourth-order valence-corrected chi connectivity index (χ4v) is 17.2. The Morgan fingerprint density at radius 1 is 0.561 bits per heavy atom. The summed E-state index contributed by atoms with van der Waals surface area (Å²) in [5.74, 6) is 1.92. The SMILES string of the molecule is C/C(=N\O)c1ccc(O[Si](C(C)C)(C(C)C)C(C)C)cc1.CC(=O)c1ccc(O[Si](C(C)C)(C(C)C)C(C)C)cc1. The fourth-order valence-electron chi connectivity index (χ4n) is 6.69. The molecule has 2 aromatic carbocycles. The summed E-state index contributed by atoms with van der Waals surface area (Å²) in [5, 5.41) is 12.1. The van der Waals surface area contributed by atoms with E-state index in [-0.39, 0.29) is 5.78 Å². The van der Waals surface area contributed by atoms with E-state index in [0.717, 1.165) is 22.6 Å². The van der Waals surface area contributed by atoms with Crippen molar-refractivity contribution < 1.29 is 18.9 Å². The smallest absolute Gasteiger partial charge is 0.258 e. The van der Waals surface area contributed by atoms with Crippen LogP contribution >= 0.6 is 0 Å². The van der Waals surface area contributed by atoms with Crippen molar-refractivity contribution in [2.75, 3.05) is 0 Å². The number of nitrogens with zero attached hydrogens (tertiary/aromatic N) is 1. The fraction of sp³-hybridized carbons (Fsp3) is 0.588. The van der Waals surface area contributed by atoms with Gasteiger partial charge in [0.25, 0.3) is 16.6 Å². The average molecular weight is 600 g/mol. The number of oxime groups is 1. The monoisotopic (exact) mass is 599 g/mol. The molecule has 7 heteroatoms. The second-order valence-electron chi connectivity index (χ2n) is 13.1. The molecule has 0 radical (unpaired) electrons. The minimum Gasteiger partial charge on any atom is -0.543 e. The van der Waals surface area contributed by atoms with Crippen molar-refractivity contribution in [2.45, 2.75) is 130 Å². The Balaban J connectivity index is 0.000000410. The van der Waals surface area contributed by atoms with Crippen LogP contribution in [-0.4, -0.2) is 33.3 Å². The van der Waals surface area contributed by atoms with Crippen LogP contribution in [0.15, 0.2) is 53.7 Å². The van der Waals surface area contributed by atoms with E-state index in [9.17, 15) is 4.79 Å². The lowest BCUT2D eigenvalue weighted by Gasteiger charge is -2.42. The highest BCUT2D eigenvalue weighted by Gasteiger charge is 2.47. The second-order valence-corrected chi connectivity index (χ2v) is 23.9. The van der Waals surface area contributed by atoms with Crippen molar-refractivity contribution in [2.24, 2.45) is 5.16 Å². The normalized spacial score (nSPS) is 12.8. The van der Waals surface area contributed by atoms with Crippen LogP contribution in [0.4, 0.5) is 0 Å². The van der Waals surface area contributed by atoms with Gasteiger partial charge in [-0.2, -0.15) is 0 Å². The van der Waals surface area contributed by atoms with Crippen LogP contribution in [-0.2, 0) is 0 Å². The Morgan fingerprint density at radius 3 is 1.05 bits per heavy atom. The summed E-state index contributed by atoms with van der Waals surface area (Å²) in [6.07, 6.45) is 0. The Kier molecular flexibility index (Phi) is 14.1. The molecule has 0 saturated carbocycles. The molecule has 0 aliphatic carbocycles. The van der Waals surface area contributed by atoms with Crippen molar-refractivity contribution in [3.05, 3.63) is 59.7 Å². The standard InChI is InChI=1S/C17H29NO2Si.C17H28O2Si/c1-12(2)21(13(3)4,14(5)6)20-17-10-8-16(9-11-17)15(7)18-19;1-12(2)20(13(3)4,14(5)6)19-17-10-8-16(9-11-17)15(7)18/h8-14,19H,1-7H3;8-14H,1-7H3/b18-15+;. The Morgan fingerprint density at radius 2 is 0.829 bits per heavy atom. The molecule has 0 unspecified atom stereocenters. The first-order chi connectivity index (χ1) is 19.0. The van der Waals surface area contributed by atoms with Crippen LogP contribution < -0.4 is 8.85 Å². The lowest BCUT2D eigenvalue weighted by molar-refractivity contribution is 0.101. The maximum absolute atomic E-state index is 11.3. The highest BCUT2D eigenvalue weighted by molar-refractivity contribution is 6.78. The van der Waals surface area contributed by atoms with Gasteiger partial charge in [-0.15, -0.1) is 0 Å². The Bertz CT molecular complexity index is 1060. The molecule has 0 bridgehead atoms. The van der Waals surface area contributed by atoms with Crippen molar-refractivity contribution >= 4 is 28.1 Å². The van der Waals surface area contributed by atoms with Gasteiger partial charge in [-0.1, -0.05) is 88.2 Å². The summed E-state index contributed by atoms with van der Waals surface area (Å²) >= 11 is 0. The van der Waals surface area contributed by atoms with Gasteiger partial charge in [-0.25, -0.2) is 0 Å². The largest absolute Gasteiger partial charge is 0.543 e. The van der Waals surface area contributed by atoms with Crippen molar-refractivity contribution in [3.8, 4) is 11.5 Å². The third-order valence-corrected chi connectivity index (χ3v) is 20.7. The quantitative estimate of drug-likeness (QED) is 0.0866. The predicted molar refractivity (Wildman–Crippen MR) is 180 cm³/mol. The van der Waals surface area contributed by atoms with Gasteiger partial charge in [-0.3, -0.25) is 4.79 Å². The van der Waals surface area contributed by atoms with Crippen molar-refractivity contribution in [1.29, 1.82) is 0 Å². The lowest BCUT2D eigenvalue weighted by Crippen LogP contribution is -2.50. The van der Waals surface area contributed by atoms with Crippen molar-refractivity contribution in [3.63, 3.8) is 0 Å². The highest BCUT2D eigenvalue weighted by Crippen LogP contribution is 2.43. The zero-order valence-corrected chi connectivity index (χ0v) is 30.2. The average Bonchev–Trinajstić information content (AvgIpc) is 2.89. The molecule has 0 heterocycles. The van der Waals surface area contributed by atoms with E-state index in [1.54, 1.807) is 13.8 Å². The Labute approximate surface area is 253 Å². The van der Waals surface area contributed by atoms with Crippen LogP contribution in [0.25, 0.3) is 0 Å². The number of rotatable bonds is 12. The molecule has 2 rings (SSSR count). The van der Waals surface area contributed by atoms with Crippen LogP contribution in [0.3, 0.4) is 0 Å². The zero-order chi connectivity index (χ0) is 31.7. The third kappa shape index (κ3) is 8.80. The number of hydrogen-bond donors (Lipinski definition) is 1. The summed E-state index contributed by atoms with van der Waals surface area (Å²) in [7, 11) is -3.80. The predicted octanol–water partition coefficient (Wildman–Crippen LogP) is 10.9. The topological polar surface area (TPSA) is 68.1 Å². The molecule has 0 aliphatic heterocycles. The minimum atomic E-state index is -1.90. The van der Waals surface area contributed by atoms with Crippen LogP contribution in [0.1, 0.15) is 113 Å². The summed E-state index contributed by atoms with van der Waals surface area (Å²) < 4.78 is 13.1. The first-order valence-electron chi connectivity index (χ1n) is 15.2. The van der Waals surface area contributed by atoms with E-state index in [1.807, 2.05) is 48.5 Å². The molecule has 0 amide bonds. The number of ketones is 1. The molecule has 0 aromatic heterocycles. The molecule has 41 heavy (non-hydrogen) atoms. The van der Waals surface area contributed by atoms with Gasteiger partial charge in [0.1, 0.15) is 11.5 Å². The molecule has 0 spiro atoms. The summed E-state index contributed by atoms with van der Waals surface area (Å²) in [6, 6.07) is 15.5. The number of hydrogen-bond acceptors (Lipinski definition) is 5. The first-order valence-corrected chi connectivity index (χ1v) is 19.5. The molecule has 2 aromatic rings. The van der Waals surface area contributed by atoms with Crippen LogP contribution in [0, 0.1) is 0 Å². The molecule has 0 atom stereocenters. The van der Waals surface area contributed by atoms with Gasteiger partial charge in [0.15, 0.2) is 5.78 Å². The zero-order valence-electron chi connectivity index (χ0n) is 28.2. The number of carbonyl (C=O) groups excluding carboxylic acids is 1. The Hall–Kier alpha value is -2.39. The molecule has 0 fully saturated rings. The van der Waals surface area contributed by atoms with Crippen LogP contribution in [0.2, 0.25) is 33.2 Å². The lowest BCUT2D eigenvalue weighted by atomic mass is 10.1. The summed E-state index contributed by atoms with van der Waals surface area (Å²) in [5.41, 5.74) is 5.58. The van der Waals surface area contributed by atoms with E-state index in [2.05, 4.69) is 88.2 Å². The van der Waals surface area contributed by atoms with Gasteiger partial charge < -0.3 is 14.1 Å². The molecule has 0 aliphatic rings. The number of carbonyl (C=O) groups is 1. The van der Waals surface area contributed by atoms with Gasteiger partial charge in [-0.05, 0) is 101 Å². The molecule has 1 N–H and O–H groups in total. The van der Waals surface area contributed by atoms with E-state index in [0.29, 0.717) is 39.0 Å². The van der Waals surface area contributed by atoms with Crippen molar-refractivity contribution in [1.82, 2.24) is 0 Å². The maximum Gasteiger partial charge on any atom is 0.258 e. The first kappa shape index (κ1) is 36.6. The van der Waals surface area contributed by atoms with E-state index >= 15 is 0 Å². The van der Waals surface area contributed by atoms with E-state index in [4.69, 9.17) is 14.1 Å². The highest BCUT2D eigenvalue weighted by atomic mass is 28.4. The second kappa shape index (κ2) is 15.7. The third-order valence-electron chi connectivity index (χ3n) is 8.69. The molecule has 5 nitrogen and oxygen atoms in total. The molecule has 230 valence electrons. The minimum absolute atomic E-state index is 0.0941. The molecular weight excluding hydrogens is 543 g/mol. The van der Waals surface area contributed by atoms with Gasteiger partial charge in [0.2, 0.25) is 0 Å². The van der Waals surface area contributed by atoms with Gasteiger partial charge in [0, 0.05) is 5.56 Å². The summed E-state index contributed by atoms with van der Waals surface area (Å²) in [6.45, 7) is 30.7.